The van der Waals surface area contributed by atoms with Crippen LogP contribution in [0.25, 0.3) is 0 Å². The third-order valence-electron chi connectivity index (χ3n) is 6.65. The maximum atomic E-state index is 13.2. The first-order chi connectivity index (χ1) is 15.6. The van der Waals surface area contributed by atoms with E-state index in [1.165, 1.54) is 0 Å². The van der Waals surface area contributed by atoms with Crippen LogP contribution in [0.1, 0.15) is 65.7 Å². The molecule has 1 unspecified atom stereocenters. The second-order valence-corrected chi connectivity index (χ2v) is 9.47. The van der Waals surface area contributed by atoms with E-state index in [4.69, 9.17) is 16.3 Å². The Morgan fingerprint density at radius 2 is 1.72 bits per heavy atom. The van der Waals surface area contributed by atoms with Gasteiger partial charge in [0.15, 0.2) is 0 Å². The van der Waals surface area contributed by atoms with Crippen molar-refractivity contribution in [2.75, 3.05) is 26.2 Å². The number of piperidine rings is 1. The maximum Gasteiger partial charge on any atom is 0.255 e. The Hall–Kier alpha value is -2.53. The van der Waals surface area contributed by atoms with Crippen molar-refractivity contribution in [2.24, 2.45) is 5.41 Å². The highest BCUT2D eigenvalue weighted by atomic mass is 35.5. The van der Waals surface area contributed by atoms with Gasteiger partial charge in [0.1, 0.15) is 5.75 Å². The average molecular weight is 455 g/mol. The van der Waals surface area contributed by atoms with Gasteiger partial charge in [0.25, 0.3) is 11.8 Å². The summed E-state index contributed by atoms with van der Waals surface area (Å²) in [5.41, 5.74) is 1.12. The fourth-order valence-corrected chi connectivity index (χ4v) is 5.00. The molecule has 2 heterocycles. The van der Waals surface area contributed by atoms with Crippen LogP contribution in [0.5, 0.6) is 5.75 Å². The Bertz CT molecular complexity index is 946. The fourth-order valence-electron chi connectivity index (χ4n) is 4.87. The molecule has 32 heavy (non-hydrogen) atoms. The number of amides is 2. The minimum Gasteiger partial charge on any atom is -0.493 e. The normalized spacial score (nSPS) is 22.5. The first-order valence-corrected chi connectivity index (χ1v) is 12.0. The molecular weight excluding hydrogens is 424 g/mol. The molecule has 1 fully saturated rings. The molecule has 6 heteroatoms. The molecule has 5 nitrogen and oxygen atoms in total. The predicted octanol–water partition coefficient (Wildman–Crippen LogP) is 5.34. The molecule has 0 aromatic heterocycles. The molecule has 0 saturated carbocycles. The lowest BCUT2D eigenvalue weighted by atomic mass is 9.75. The van der Waals surface area contributed by atoms with Crippen molar-refractivity contribution >= 4 is 23.4 Å². The van der Waals surface area contributed by atoms with Crippen molar-refractivity contribution in [3.8, 4) is 5.75 Å². The molecule has 2 aromatic rings. The molecular formula is C26H31ClN2O3. The molecule has 2 amide bonds. The number of para-hydroxylation sites is 1. The van der Waals surface area contributed by atoms with Crippen molar-refractivity contribution in [1.29, 1.82) is 0 Å². The molecule has 1 N–H and O–H groups in total. The predicted molar refractivity (Wildman–Crippen MR) is 126 cm³/mol. The molecule has 0 bridgehead atoms. The summed E-state index contributed by atoms with van der Waals surface area (Å²) in [6, 6.07) is 14.5. The summed E-state index contributed by atoms with van der Waals surface area (Å²) >= 11 is 5.99. The van der Waals surface area contributed by atoms with Crippen LogP contribution in [0, 0.1) is 5.41 Å². The van der Waals surface area contributed by atoms with Gasteiger partial charge in [-0.15, -0.1) is 0 Å². The van der Waals surface area contributed by atoms with Gasteiger partial charge in [-0.05, 0) is 62.1 Å². The third-order valence-corrected chi connectivity index (χ3v) is 6.91. The molecule has 1 atom stereocenters. The minimum atomic E-state index is -0.111. The van der Waals surface area contributed by atoms with E-state index in [-0.39, 0.29) is 17.2 Å². The van der Waals surface area contributed by atoms with Gasteiger partial charge in [0.05, 0.1) is 12.2 Å². The molecule has 0 aliphatic carbocycles. The number of nitrogens with one attached hydrogen (secondary N) is 1. The second kappa shape index (κ2) is 10.4. The van der Waals surface area contributed by atoms with Crippen LogP contribution in [0.15, 0.2) is 48.5 Å². The Kier molecular flexibility index (Phi) is 7.36. The summed E-state index contributed by atoms with van der Waals surface area (Å²) in [6.45, 7) is 2.59. The molecule has 1 saturated heterocycles. The summed E-state index contributed by atoms with van der Waals surface area (Å²) < 4.78 is 5.89. The van der Waals surface area contributed by atoms with Crippen molar-refractivity contribution in [2.45, 2.75) is 44.9 Å². The number of benzene rings is 2. The van der Waals surface area contributed by atoms with E-state index >= 15 is 0 Å². The van der Waals surface area contributed by atoms with Crippen molar-refractivity contribution in [3.63, 3.8) is 0 Å². The SMILES string of the molecule is O=C1NCC2(CCCCCCOc3ccccc31)CCCN(C(=O)c1ccc(Cl)cc1)C2. The van der Waals surface area contributed by atoms with Crippen LogP contribution in [0.3, 0.4) is 0 Å². The summed E-state index contributed by atoms with van der Waals surface area (Å²) in [5.74, 6) is 0.565. The molecule has 170 valence electrons. The van der Waals surface area contributed by atoms with Crippen LogP contribution < -0.4 is 10.1 Å². The van der Waals surface area contributed by atoms with Crippen LogP contribution in [-0.2, 0) is 0 Å². The minimum absolute atomic E-state index is 0.0359. The number of hydrogen-bond acceptors (Lipinski definition) is 3. The Morgan fingerprint density at radius 3 is 2.56 bits per heavy atom. The first-order valence-electron chi connectivity index (χ1n) is 11.6. The number of ether oxygens (including phenoxy) is 1. The number of carbonyl (C=O) groups excluding carboxylic acids is 2. The second-order valence-electron chi connectivity index (χ2n) is 9.03. The highest BCUT2D eigenvalue weighted by Crippen LogP contribution is 2.36. The van der Waals surface area contributed by atoms with Crippen LogP contribution >= 0.6 is 11.6 Å². The van der Waals surface area contributed by atoms with Crippen molar-refractivity contribution in [3.05, 3.63) is 64.7 Å². The van der Waals surface area contributed by atoms with E-state index in [1.807, 2.05) is 29.2 Å². The Balaban J connectivity index is 1.52. The number of carbonyl (C=O) groups is 2. The first kappa shape index (κ1) is 22.7. The fraction of sp³-hybridized carbons (Fsp3) is 0.462. The Labute approximate surface area is 195 Å². The van der Waals surface area contributed by atoms with E-state index in [2.05, 4.69) is 5.32 Å². The molecule has 2 aliphatic heterocycles. The number of likely N-dealkylation sites (tertiary alicyclic amines) is 1. The smallest absolute Gasteiger partial charge is 0.255 e. The van der Waals surface area contributed by atoms with E-state index in [0.717, 1.165) is 51.5 Å². The van der Waals surface area contributed by atoms with E-state index in [1.54, 1.807) is 24.3 Å². The third kappa shape index (κ3) is 5.44. The van der Waals surface area contributed by atoms with Crippen LogP contribution in [0.2, 0.25) is 5.02 Å². The van der Waals surface area contributed by atoms with Gasteiger partial charge in [-0.3, -0.25) is 9.59 Å². The zero-order valence-electron chi connectivity index (χ0n) is 18.4. The number of fused-ring (bicyclic) bond motifs is 1. The quantitative estimate of drug-likeness (QED) is 0.633. The highest BCUT2D eigenvalue weighted by molar-refractivity contribution is 6.30. The van der Waals surface area contributed by atoms with Gasteiger partial charge < -0.3 is 15.0 Å². The maximum absolute atomic E-state index is 13.2. The number of nitrogens with zero attached hydrogens (tertiary/aromatic N) is 1. The number of halogens is 1. The number of hydrogen-bond donors (Lipinski definition) is 1. The van der Waals surface area contributed by atoms with E-state index in [9.17, 15) is 9.59 Å². The zero-order chi connectivity index (χ0) is 22.4. The van der Waals surface area contributed by atoms with Gasteiger partial charge in [-0.2, -0.15) is 0 Å². The van der Waals surface area contributed by atoms with Gasteiger partial charge in [0, 0.05) is 35.6 Å². The molecule has 0 radical (unpaired) electrons. The van der Waals surface area contributed by atoms with Gasteiger partial charge in [0.2, 0.25) is 0 Å². The van der Waals surface area contributed by atoms with Gasteiger partial charge in [-0.25, -0.2) is 0 Å². The molecule has 4 rings (SSSR count). The van der Waals surface area contributed by atoms with E-state index < -0.39 is 0 Å². The van der Waals surface area contributed by atoms with E-state index in [0.29, 0.717) is 41.6 Å². The van der Waals surface area contributed by atoms with Crippen LogP contribution in [-0.4, -0.2) is 43.0 Å². The lowest BCUT2D eigenvalue weighted by Crippen LogP contribution is -2.51. The average Bonchev–Trinajstić information content (AvgIpc) is 2.83. The lowest BCUT2D eigenvalue weighted by Gasteiger charge is -2.43. The van der Waals surface area contributed by atoms with Crippen molar-refractivity contribution < 1.29 is 14.3 Å². The summed E-state index contributed by atoms with van der Waals surface area (Å²) in [7, 11) is 0. The molecule has 2 aromatic carbocycles. The topological polar surface area (TPSA) is 58.6 Å². The summed E-state index contributed by atoms with van der Waals surface area (Å²) in [4.78, 5) is 28.1. The molecule has 1 spiro atoms. The van der Waals surface area contributed by atoms with Gasteiger partial charge >= 0.3 is 0 Å². The summed E-state index contributed by atoms with van der Waals surface area (Å²) in [6.07, 6.45) is 7.25. The van der Waals surface area contributed by atoms with Crippen molar-refractivity contribution in [1.82, 2.24) is 10.2 Å². The number of rotatable bonds is 1. The van der Waals surface area contributed by atoms with Crippen LogP contribution in [0.4, 0.5) is 0 Å². The van der Waals surface area contributed by atoms with Gasteiger partial charge in [-0.1, -0.05) is 43.0 Å². The summed E-state index contributed by atoms with van der Waals surface area (Å²) in [5, 5.41) is 3.79. The Morgan fingerprint density at radius 1 is 0.969 bits per heavy atom. The highest BCUT2D eigenvalue weighted by Gasteiger charge is 2.37. The standard InChI is InChI=1S/C26H31ClN2O3/c27-21-12-10-20(11-13-21)25(31)29-16-7-15-26(19-29)14-5-1-2-6-17-32-23-9-4-3-8-22(23)24(30)28-18-26/h3-4,8-13H,1-2,5-7,14-19H2,(H,28,30). The zero-order valence-corrected chi connectivity index (χ0v) is 19.2. The monoisotopic (exact) mass is 454 g/mol. The molecule has 2 aliphatic rings. The lowest BCUT2D eigenvalue weighted by molar-refractivity contribution is 0.0471. The largest absolute Gasteiger partial charge is 0.493 e.